The highest BCUT2D eigenvalue weighted by Gasteiger charge is 2.36. The smallest absolute Gasteiger partial charge is 0.274 e. The number of rotatable bonds is 3. The van der Waals surface area contributed by atoms with Gasteiger partial charge in [0.05, 0.1) is 12.1 Å². The molecule has 0 aliphatic carbocycles. The van der Waals surface area contributed by atoms with Crippen molar-refractivity contribution >= 4 is 5.91 Å². The van der Waals surface area contributed by atoms with E-state index in [9.17, 15) is 9.90 Å². The lowest BCUT2D eigenvalue weighted by Gasteiger charge is -2.21. The van der Waals surface area contributed by atoms with Crippen molar-refractivity contribution in [1.29, 1.82) is 0 Å². The fourth-order valence-electron chi connectivity index (χ4n) is 2.34. The SMILES string of the molecule is CC(C)n1ccc(C(=O)N2C[C@H](O)[C@@H](N(C)C)C2)n1. The van der Waals surface area contributed by atoms with Gasteiger partial charge in [-0.15, -0.1) is 0 Å². The molecular weight excluding hydrogens is 244 g/mol. The Morgan fingerprint density at radius 1 is 1.47 bits per heavy atom. The molecule has 1 saturated heterocycles. The van der Waals surface area contributed by atoms with Gasteiger partial charge < -0.3 is 14.9 Å². The van der Waals surface area contributed by atoms with Gasteiger partial charge in [0, 0.05) is 25.3 Å². The second-order valence-electron chi connectivity index (χ2n) is 5.58. The van der Waals surface area contributed by atoms with Crippen molar-refractivity contribution in [3.05, 3.63) is 18.0 Å². The fourth-order valence-corrected chi connectivity index (χ4v) is 2.34. The molecule has 6 nitrogen and oxygen atoms in total. The van der Waals surface area contributed by atoms with Crippen LogP contribution in [0.4, 0.5) is 0 Å². The summed E-state index contributed by atoms with van der Waals surface area (Å²) in [7, 11) is 3.82. The summed E-state index contributed by atoms with van der Waals surface area (Å²) in [4.78, 5) is 15.9. The number of hydrogen-bond acceptors (Lipinski definition) is 4. The predicted octanol–water partition coefficient (Wildman–Crippen LogP) is 0.211. The first-order chi connectivity index (χ1) is 8.90. The Labute approximate surface area is 113 Å². The van der Waals surface area contributed by atoms with Gasteiger partial charge in [-0.05, 0) is 34.0 Å². The highest BCUT2D eigenvalue weighted by molar-refractivity contribution is 5.92. The Hall–Kier alpha value is -1.40. The normalized spacial score (nSPS) is 23.6. The van der Waals surface area contributed by atoms with Crippen molar-refractivity contribution in [2.45, 2.75) is 32.0 Å². The van der Waals surface area contributed by atoms with E-state index in [0.717, 1.165) is 0 Å². The molecule has 2 heterocycles. The molecule has 19 heavy (non-hydrogen) atoms. The highest BCUT2D eigenvalue weighted by Crippen LogP contribution is 2.17. The quantitative estimate of drug-likeness (QED) is 0.849. The first kappa shape index (κ1) is 14.0. The summed E-state index contributed by atoms with van der Waals surface area (Å²) in [6.07, 6.45) is 1.32. The van der Waals surface area contributed by atoms with Gasteiger partial charge in [-0.25, -0.2) is 0 Å². The second-order valence-corrected chi connectivity index (χ2v) is 5.58. The number of likely N-dealkylation sites (tertiary alicyclic amines) is 1. The van der Waals surface area contributed by atoms with E-state index >= 15 is 0 Å². The Morgan fingerprint density at radius 3 is 2.63 bits per heavy atom. The van der Waals surface area contributed by atoms with E-state index in [-0.39, 0.29) is 18.0 Å². The van der Waals surface area contributed by atoms with Crippen molar-refractivity contribution in [3.8, 4) is 0 Å². The lowest BCUT2D eigenvalue weighted by atomic mass is 10.2. The van der Waals surface area contributed by atoms with Gasteiger partial charge in [0.1, 0.15) is 5.69 Å². The van der Waals surface area contributed by atoms with Crippen LogP contribution in [0.3, 0.4) is 0 Å². The first-order valence-corrected chi connectivity index (χ1v) is 6.59. The fraction of sp³-hybridized carbons (Fsp3) is 0.692. The van der Waals surface area contributed by atoms with Gasteiger partial charge in [0.2, 0.25) is 0 Å². The highest BCUT2D eigenvalue weighted by atomic mass is 16.3. The van der Waals surface area contributed by atoms with Gasteiger partial charge in [-0.2, -0.15) is 5.10 Å². The summed E-state index contributed by atoms with van der Waals surface area (Å²) in [5.74, 6) is -0.109. The monoisotopic (exact) mass is 266 g/mol. The molecule has 6 heteroatoms. The number of aliphatic hydroxyl groups excluding tert-OH is 1. The zero-order valence-electron chi connectivity index (χ0n) is 11.9. The van der Waals surface area contributed by atoms with Crippen molar-refractivity contribution in [1.82, 2.24) is 19.6 Å². The minimum atomic E-state index is -0.494. The van der Waals surface area contributed by atoms with Crippen molar-refractivity contribution in [2.24, 2.45) is 0 Å². The maximum absolute atomic E-state index is 12.3. The van der Waals surface area contributed by atoms with Crippen molar-refractivity contribution in [2.75, 3.05) is 27.2 Å². The standard InChI is InChI=1S/C13H22N4O2/c1-9(2)17-6-5-10(14-17)13(19)16-7-11(15(3)4)12(18)8-16/h5-6,9,11-12,18H,7-8H2,1-4H3/t11-,12-/m0/s1. The van der Waals surface area contributed by atoms with Crippen LogP contribution in [0.1, 0.15) is 30.4 Å². The summed E-state index contributed by atoms with van der Waals surface area (Å²) in [5, 5.41) is 14.2. The third-order valence-corrected chi connectivity index (χ3v) is 3.57. The molecule has 1 aromatic rings. The average Bonchev–Trinajstić information content (AvgIpc) is 2.94. The zero-order valence-corrected chi connectivity index (χ0v) is 11.9. The summed E-state index contributed by atoms with van der Waals surface area (Å²) >= 11 is 0. The molecule has 106 valence electrons. The lowest BCUT2D eigenvalue weighted by molar-refractivity contribution is 0.0757. The maximum Gasteiger partial charge on any atom is 0.274 e. The molecule has 0 unspecified atom stereocenters. The summed E-state index contributed by atoms with van der Waals surface area (Å²) in [6, 6.07) is 1.97. The number of likely N-dealkylation sites (N-methyl/N-ethyl adjacent to an activating group) is 1. The molecule has 1 N–H and O–H groups in total. The number of carbonyl (C=O) groups is 1. The van der Waals surface area contributed by atoms with Crippen LogP contribution in [0.5, 0.6) is 0 Å². The van der Waals surface area contributed by atoms with Crippen LogP contribution in [-0.2, 0) is 0 Å². The molecule has 2 rings (SSSR count). The Balaban J connectivity index is 2.08. The van der Waals surface area contributed by atoms with E-state index in [2.05, 4.69) is 5.10 Å². The van der Waals surface area contributed by atoms with E-state index in [4.69, 9.17) is 0 Å². The van der Waals surface area contributed by atoms with E-state index in [1.165, 1.54) is 0 Å². The molecule has 0 aromatic carbocycles. The molecule has 0 radical (unpaired) electrons. The summed E-state index contributed by atoms with van der Waals surface area (Å²) < 4.78 is 1.77. The van der Waals surface area contributed by atoms with Gasteiger partial charge >= 0.3 is 0 Å². The minimum absolute atomic E-state index is 0.00358. The zero-order chi connectivity index (χ0) is 14.2. The maximum atomic E-state index is 12.3. The van der Waals surface area contributed by atoms with E-state index < -0.39 is 6.10 Å². The number of nitrogens with zero attached hydrogens (tertiary/aromatic N) is 4. The lowest BCUT2D eigenvalue weighted by Crippen LogP contribution is -2.38. The third-order valence-electron chi connectivity index (χ3n) is 3.57. The number of β-amino-alcohol motifs (C(OH)–C–C–N with tert-alkyl or cyclic N) is 1. The molecule has 1 aliphatic rings. The largest absolute Gasteiger partial charge is 0.390 e. The van der Waals surface area contributed by atoms with Crippen LogP contribution in [-0.4, -0.2) is 69.9 Å². The van der Waals surface area contributed by atoms with Crippen molar-refractivity contribution in [3.63, 3.8) is 0 Å². The third kappa shape index (κ3) is 2.79. The molecule has 1 fully saturated rings. The topological polar surface area (TPSA) is 61.6 Å². The average molecular weight is 266 g/mol. The Morgan fingerprint density at radius 2 is 2.16 bits per heavy atom. The molecule has 0 spiro atoms. The number of aromatic nitrogens is 2. The molecule has 0 saturated carbocycles. The van der Waals surface area contributed by atoms with E-state index in [1.54, 1.807) is 15.6 Å². The van der Waals surface area contributed by atoms with Gasteiger partial charge in [-0.1, -0.05) is 0 Å². The molecule has 1 aromatic heterocycles. The Bertz CT molecular complexity index is 455. The molecular formula is C13H22N4O2. The number of aliphatic hydroxyl groups is 1. The number of carbonyl (C=O) groups excluding carboxylic acids is 1. The molecule has 1 amide bonds. The second kappa shape index (κ2) is 5.30. The van der Waals surface area contributed by atoms with E-state index in [0.29, 0.717) is 18.8 Å². The minimum Gasteiger partial charge on any atom is -0.390 e. The van der Waals surface area contributed by atoms with Gasteiger partial charge in [0.15, 0.2) is 0 Å². The van der Waals surface area contributed by atoms with Crippen molar-refractivity contribution < 1.29 is 9.90 Å². The van der Waals surface area contributed by atoms with Crippen LogP contribution in [0.2, 0.25) is 0 Å². The first-order valence-electron chi connectivity index (χ1n) is 6.59. The van der Waals surface area contributed by atoms with Crippen LogP contribution in [0, 0.1) is 0 Å². The van der Waals surface area contributed by atoms with Crippen LogP contribution in [0.15, 0.2) is 12.3 Å². The predicted molar refractivity (Wildman–Crippen MR) is 72.0 cm³/mol. The molecule has 2 atom stereocenters. The number of amides is 1. The number of hydrogen-bond donors (Lipinski definition) is 1. The Kier molecular flexibility index (Phi) is 3.91. The van der Waals surface area contributed by atoms with Gasteiger partial charge in [0.25, 0.3) is 5.91 Å². The summed E-state index contributed by atoms with van der Waals surface area (Å²) in [6.45, 7) is 4.95. The van der Waals surface area contributed by atoms with Crippen LogP contribution < -0.4 is 0 Å². The van der Waals surface area contributed by atoms with Crippen LogP contribution in [0.25, 0.3) is 0 Å². The van der Waals surface area contributed by atoms with Crippen LogP contribution >= 0.6 is 0 Å². The van der Waals surface area contributed by atoms with Gasteiger partial charge in [-0.3, -0.25) is 9.48 Å². The molecule has 1 aliphatic heterocycles. The molecule has 0 bridgehead atoms. The summed E-state index contributed by atoms with van der Waals surface area (Å²) in [5.41, 5.74) is 0.445. The van der Waals surface area contributed by atoms with E-state index in [1.807, 2.05) is 39.0 Å².